The third kappa shape index (κ3) is 4.55. The topological polar surface area (TPSA) is 49.6 Å². The molecule has 140 valence electrons. The number of fused-ring (bicyclic) bond motifs is 1. The van der Waals surface area contributed by atoms with Crippen molar-refractivity contribution in [3.8, 4) is 0 Å². The van der Waals surface area contributed by atoms with Gasteiger partial charge in [-0.05, 0) is 37.1 Å². The standard InChI is InChI=1S/C22H26N4O/c27-22(23-12-11-20-17-26-14-5-4-10-21(26)24-20)19-9-6-13-25(16-19)15-18-7-2-1-3-8-18/h1-5,7-8,10,14,17,19H,6,9,11-13,15-16H2,(H,23,27). The quantitative estimate of drug-likeness (QED) is 0.734. The van der Waals surface area contributed by atoms with E-state index in [0.717, 1.165) is 50.2 Å². The monoisotopic (exact) mass is 362 g/mol. The Morgan fingerprint density at radius 2 is 2.00 bits per heavy atom. The first-order valence-corrected chi connectivity index (χ1v) is 9.74. The number of hydrogen-bond acceptors (Lipinski definition) is 3. The fourth-order valence-electron chi connectivity index (χ4n) is 3.82. The van der Waals surface area contributed by atoms with Gasteiger partial charge in [-0.1, -0.05) is 36.4 Å². The van der Waals surface area contributed by atoms with Crippen molar-refractivity contribution < 1.29 is 4.79 Å². The van der Waals surface area contributed by atoms with Crippen molar-refractivity contribution >= 4 is 11.6 Å². The van der Waals surface area contributed by atoms with Crippen LogP contribution in [-0.2, 0) is 17.8 Å². The summed E-state index contributed by atoms with van der Waals surface area (Å²) in [5.41, 5.74) is 3.27. The van der Waals surface area contributed by atoms with Crippen molar-refractivity contribution in [2.75, 3.05) is 19.6 Å². The zero-order valence-electron chi connectivity index (χ0n) is 15.6. The number of pyridine rings is 1. The minimum absolute atomic E-state index is 0.0866. The predicted molar refractivity (Wildman–Crippen MR) is 106 cm³/mol. The molecule has 3 aromatic rings. The van der Waals surface area contributed by atoms with Crippen LogP contribution in [-0.4, -0.2) is 39.8 Å². The number of likely N-dealkylation sites (tertiary alicyclic amines) is 1. The van der Waals surface area contributed by atoms with Gasteiger partial charge < -0.3 is 9.72 Å². The third-order valence-corrected chi connectivity index (χ3v) is 5.22. The van der Waals surface area contributed by atoms with Crippen molar-refractivity contribution in [2.45, 2.75) is 25.8 Å². The molecule has 1 saturated heterocycles. The van der Waals surface area contributed by atoms with Crippen LogP contribution in [0.4, 0.5) is 0 Å². The molecule has 0 bridgehead atoms. The summed E-state index contributed by atoms with van der Waals surface area (Å²) in [4.78, 5) is 19.6. The van der Waals surface area contributed by atoms with Gasteiger partial charge in [0.15, 0.2) is 0 Å². The van der Waals surface area contributed by atoms with Crippen LogP contribution in [0.3, 0.4) is 0 Å². The lowest BCUT2D eigenvalue weighted by Crippen LogP contribution is -2.43. The van der Waals surface area contributed by atoms with Gasteiger partial charge in [0.05, 0.1) is 11.6 Å². The highest BCUT2D eigenvalue weighted by molar-refractivity contribution is 5.78. The molecule has 0 saturated carbocycles. The van der Waals surface area contributed by atoms with Crippen LogP contribution in [0.1, 0.15) is 24.1 Å². The summed E-state index contributed by atoms with van der Waals surface area (Å²) in [6, 6.07) is 16.5. The zero-order valence-corrected chi connectivity index (χ0v) is 15.6. The van der Waals surface area contributed by atoms with Crippen molar-refractivity contribution in [2.24, 2.45) is 5.92 Å². The molecule has 0 radical (unpaired) electrons. The molecule has 27 heavy (non-hydrogen) atoms. The van der Waals surface area contributed by atoms with E-state index in [0.29, 0.717) is 6.54 Å². The van der Waals surface area contributed by atoms with Gasteiger partial charge in [-0.25, -0.2) is 4.98 Å². The maximum atomic E-state index is 12.6. The number of carbonyl (C=O) groups is 1. The number of rotatable bonds is 6. The molecule has 3 heterocycles. The fourth-order valence-corrected chi connectivity index (χ4v) is 3.82. The van der Waals surface area contributed by atoms with Gasteiger partial charge in [0.1, 0.15) is 5.65 Å². The first kappa shape index (κ1) is 17.7. The zero-order chi connectivity index (χ0) is 18.5. The third-order valence-electron chi connectivity index (χ3n) is 5.22. The molecule has 1 aliphatic heterocycles. The first-order chi connectivity index (χ1) is 13.3. The summed E-state index contributed by atoms with van der Waals surface area (Å²) >= 11 is 0. The second kappa shape index (κ2) is 8.35. The molecular weight excluding hydrogens is 336 g/mol. The summed E-state index contributed by atoms with van der Waals surface area (Å²) in [6.45, 7) is 3.47. The van der Waals surface area contributed by atoms with Gasteiger partial charge in [0, 0.05) is 38.4 Å². The molecular formula is C22H26N4O. The number of imidazole rings is 1. The number of carbonyl (C=O) groups excluding carboxylic acids is 1. The largest absolute Gasteiger partial charge is 0.355 e. The molecule has 5 nitrogen and oxygen atoms in total. The Balaban J connectivity index is 1.26. The molecule has 1 aromatic carbocycles. The van der Waals surface area contributed by atoms with E-state index < -0.39 is 0 Å². The fraction of sp³-hybridized carbons (Fsp3) is 0.364. The molecule has 1 aliphatic rings. The lowest BCUT2D eigenvalue weighted by molar-refractivity contribution is -0.126. The van der Waals surface area contributed by atoms with E-state index >= 15 is 0 Å². The summed E-state index contributed by atoms with van der Waals surface area (Å²) in [7, 11) is 0. The second-order valence-electron chi connectivity index (χ2n) is 7.30. The lowest BCUT2D eigenvalue weighted by atomic mass is 9.96. The molecule has 1 atom stereocenters. The number of nitrogens with zero attached hydrogens (tertiary/aromatic N) is 3. The Kier molecular flexibility index (Phi) is 5.49. The number of piperidine rings is 1. The van der Waals surface area contributed by atoms with Crippen LogP contribution in [0.15, 0.2) is 60.9 Å². The highest BCUT2D eigenvalue weighted by atomic mass is 16.1. The van der Waals surface area contributed by atoms with E-state index in [9.17, 15) is 4.79 Å². The Bertz CT molecular complexity index is 856. The van der Waals surface area contributed by atoms with Gasteiger partial charge in [0.25, 0.3) is 0 Å². The van der Waals surface area contributed by atoms with E-state index in [-0.39, 0.29) is 11.8 Å². The normalized spacial score (nSPS) is 17.9. The predicted octanol–water partition coefficient (Wildman–Crippen LogP) is 2.91. The van der Waals surface area contributed by atoms with E-state index in [2.05, 4.69) is 39.5 Å². The number of amides is 1. The van der Waals surface area contributed by atoms with Crippen LogP contribution in [0.2, 0.25) is 0 Å². The molecule has 4 rings (SSSR count). The second-order valence-corrected chi connectivity index (χ2v) is 7.30. The smallest absolute Gasteiger partial charge is 0.224 e. The van der Waals surface area contributed by atoms with E-state index in [4.69, 9.17) is 0 Å². The molecule has 1 unspecified atom stereocenters. The Labute approximate surface area is 160 Å². The minimum atomic E-state index is 0.0866. The van der Waals surface area contributed by atoms with Crippen LogP contribution >= 0.6 is 0 Å². The van der Waals surface area contributed by atoms with Crippen molar-refractivity contribution in [3.05, 3.63) is 72.2 Å². The highest BCUT2D eigenvalue weighted by Gasteiger charge is 2.25. The molecule has 1 N–H and O–H groups in total. The maximum absolute atomic E-state index is 12.6. The summed E-state index contributed by atoms with van der Waals surface area (Å²) in [5, 5.41) is 3.11. The summed E-state index contributed by atoms with van der Waals surface area (Å²) < 4.78 is 2.01. The molecule has 2 aromatic heterocycles. The van der Waals surface area contributed by atoms with Crippen molar-refractivity contribution in [3.63, 3.8) is 0 Å². The Morgan fingerprint density at radius 3 is 2.85 bits per heavy atom. The maximum Gasteiger partial charge on any atom is 0.224 e. The average molecular weight is 362 g/mol. The van der Waals surface area contributed by atoms with E-state index in [1.807, 2.05) is 41.1 Å². The number of nitrogens with one attached hydrogen (secondary N) is 1. The van der Waals surface area contributed by atoms with Gasteiger partial charge in [-0.15, -0.1) is 0 Å². The van der Waals surface area contributed by atoms with Gasteiger partial charge in [-0.2, -0.15) is 0 Å². The van der Waals surface area contributed by atoms with Crippen molar-refractivity contribution in [1.82, 2.24) is 19.6 Å². The Morgan fingerprint density at radius 1 is 1.15 bits per heavy atom. The average Bonchev–Trinajstić information content (AvgIpc) is 3.12. The van der Waals surface area contributed by atoms with Crippen LogP contribution in [0.25, 0.3) is 5.65 Å². The highest BCUT2D eigenvalue weighted by Crippen LogP contribution is 2.18. The van der Waals surface area contributed by atoms with Crippen molar-refractivity contribution in [1.29, 1.82) is 0 Å². The van der Waals surface area contributed by atoms with Gasteiger partial charge in [0.2, 0.25) is 5.91 Å². The molecule has 5 heteroatoms. The minimum Gasteiger partial charge on any atom is -0.355 e. The van der Waals surface area contributed by atoms with E-state index in [1.54, 1.807) is 0 Å². The van der Waals surface area contributed by atoms with Crippen LogP contribution in [0, 0.1) is 5.92 Å². The molecule has 0 aliphatic carbocycles. The van der Waals surface area contributed by atoms with Crippen LogP contribution < -0.4 is 5.32 Å². The molecule has 1 fully saturated rings. The number of benzene rings is 1. The summed E-state index contributed by atoms with van der Waals surface area (Å²) in [6.07, 6.45) is 6.84. The van der Waals surface area contributed by atoms with Gasteiger partial charge >= 0.3 is 0 Å². The molecule has 1 amide bonds. The summed E-state index contributed by atoms with van der Waals surface area (Å²) in [5.74, 6) is 0.264. The Hall–Kier alpha value is -2.66. The first-order valence-electron chi connectivity index (χ1n) is 9.74. The number of aromatic nitrogens is 2. The van der Waals surface area contributed by atoms with Gasteiger partial charge in [-0.3, -0.25) is 9.69 Å². The SMILES string of the molecule is O=C(NCCc1cn2ccccc2n1)C1CCCN(Cc2ccccc2)C1. The van der Waals surface area contributed by atoms with E-state index in [1.165, 1.54) is 5.56 Å². The lowest BCUT2D eigenvalue weighted by Gasteiger charge is -2.32. The number of hydrogen-bond donors (Lipinski definition) is 1. The van der Waals surface area contributed by atoms with Crippen LogP contribution in [0.5, 0.6) is 0 Å². The molecule has 0 spiro atoms.